The number of benzene rings is 1. The highest BCUT2D eigenvalue weighted by molar-refractivity contribution is 7.22. The summed E-state index contributed by atoms with van der Waals surface area (Å²) in [6.07, 6.45) is 1.22. The van der Waals surface area contributed by atoms with E-state index >= 15 is 0 Å². The van der Waals surface area contributed by atoms with Crippen LogP contribution in [-0.2, 0) is 4.74 Å². The summed E-state index contributed by atoms with van der Waals surface area (Å²) in [5, 5.41) is 1.14. The molecule has 2 aliphatic rings. The minimum atomic E-state index is 0.644. The molecule has 1 aromatic heterocycles. The van der Waals surface area contributed by atoms with E-state index in [0.29, 0.717) is 6.04 Å². The quantitative estimate of drug-likeness (QED) is 0.867. The molecular formula is C16H21N3O2S. The number of nitrogens with zero attached hydrogens (tertiary/aromatic N) is 3. The zero-order chi connectivity index (χ0) is 14.9. The summed E-state index contributed by atoms with van der Waals surface area (Å²) in [5.74, 6) is 0.872. The molecule has 2 aliphatic heterocycles. The number of rotatable bonds is 3. The van der Waals surface area contributed by atoms with E-state index < -0.39 is 0 Å². The molecule has 118 valence electrons. The standard InChI is InChI=1S/C16H21N3O2S/c1-20-13-2-3-15-14(10-13)17-16(22-15)19-5-4-12(11-19)18-6-8-21-9-7-18/h2-3,10,12H,4-9,11H2,1H3. The van der Waals surface area contributed by atoms with E-state index in [9.17, 15) is 0 Å². The van der Waals surface area contributed by atoms with Crippen LogP contribution < -0.4 is 9.64 Å². The predicted octanol–water partition coefficient (Wildman–Crippen LogP) is 2.22. The lowest BCUT2D eigenvalue weighted by molar-refractivity contribution is 0.0209. The third-order valence-corrected chi connectivity index (χ3v) is 5.68. The summed E-state index contributed by atoms with van der Waals surface area (Å²) in [5.41, 5.74) is 1.04. The first-order valence-electron chi connectivity index (χ1n) is 7.85. The maximum Gasteiger partial charge on any atom is 0.186 e. The first kappa shape index (κ1) is 14.2. The largest absolute Gasteiger partial charge is 0.497 e. The molecule has 2 aromatic rings. The molecule has 0 saturated carbocycles. The Morgan fingerprint density at radius 2 is 2.14 bits per heavy atom. The zero-order valence-corrected chi connectivity index (χ0v) is 13.6. The summed E-state index contributed by atoms with van der Waals surface area (Å²) in [7, 11) is 1.70. The lowest BCUT2D eigenvalue weighted by Crippen LogP contribution is -2.44. The lowest BCUT2D eigenvalue weighted by atomic mass is 10.2. The summed E-state index contributed by atoms with van der Waals surface area (Å²) in [6.45, 7) is 6.05. The second-order valence-electron chi connectivity index (χ2n) is 5.87. The van der Waals surface area contributed by atoms with Crippen LogP contribution in [0.5, 0.6) is 5.75 Å². The molecule has 22 heavy (non-hydrogen) atoms. The fourth-order valence-electron chi connectivity index (χ4n) is 3.31. The average Bonchev–Trinajstić information content (AvgIpc) is 3.21. The van der Waals surface area contributed by atoms with Crippen molar-refractivity contribution in [2.75, 3.05) is 51.4 Å². The van der Waals surface area contributed by atoms with Crippen LogP contribution in [0.3, 0.4) is 0 Å². The number of hydrogen-bond acceptors (Lipinski definition) is 6. The van der Waals surface area contributed by atoms with Crippen molar-refractivity contribution in [3.8, 4) is 5.75 Å². The molecule has 0 aliphatic carbocycles. The highest BCUT2D eigenvalue weighted by Crippen LogP contribution is 2.33. The second-order valence-corrected chi connectivity index (χ2v) is 6.88. The van der Waals surface area contributed by atoms with Gasteiger partial charge in [-0.3, -0.25) is 4.90 Å². The van der Waals surface area contributed by atoms with Gasteiger partial charge < -0.3 is 14.4 Å². The van der Waals surface area contributed by atoms with Crippen LogP contribution in [0.1, 0.15) is 6.42 Å². The van der Waals surface area contributed by atoms with E-state index in [1.165, 1.54) is 11.1 Å². The molecule has 1 unspecified atom stereocenters. The molecule has 0 N–H and O–H groups in total. The van der Waals surface area contributed by atoms with Gasteiger partial charge in [-0.05, 0) is 18.6 Å². The molecule has 5 nitrogen and oxygen atoms in total. The Kier molecular flexibility index (Phi) is 3.90. The van der Waals surface area contributed by atoms with Crippen molar-refractivity contribution in [1.29, 1.82) is 0 Å². The van der Waals surface area contributed by atoms with Gasteiger partial charge in [-0.25, -0.2) is 4.98 Å². The fraction of sp³-hybridized carbons (Fsp3) is 0.562. The number of methoxy groups -OCH3 is 1. The van der Waals surface area contributed by atoms with Gasteiger partial charge in [0.2, 0.25) is 0 Å². The molecule has 0 spiro atoms. The van der Waals surface area contributed by atoms with Gasteiger partial charge in [0.15, 0.2) is 5.13 Å². The van der Waals surface area contributed by atoms with Crippen LogP contribution in [0, 0.1) is 0 Å². The van der Waals surface area contributed by atoms with Gasteiger partial charge in [-0.15, -0.1) is 0 Å². The van der Waals surface area contributed by atoms with E-state index in [-0.39, 0.29) is 0 Å². The van der Waals surface area contributed by atoms with Gasteiger partial charge in [0.05, 0.1) is 30.5 Å². The molecule has 0 amide bonds. The van der Waals surface area contributed by atoms with Gasteiger partial charge in [0.25, 0.3) is 0 Å². The normalized spacial score (nSPS) is 23.3. The number of hydrogen-bond donors (Lipinski definition) is 0. The highest BCUT2D eigenvalue weighted by Gasteiger charge is 2.30. The number of ether oxygens (including phenoxy) is 2. The van der Waals surface area contributed by atoms with E-state index in [1.54, 1.807) is 18.4 Å². The minimum Gasteiger partial charge on any atom is -0.497 e. The SMILES string of the molecule is COc1ccc2sc(N3CCC(N4CCOCC4)C3)nc2c1. The van der Waals surface area contributed by atoms with Crippen molar-refractivity contribution in [2.24, 2.45) is 0 Å². The van der Waals surface area contributed by atoms with Crippen LogP contribution in [0.2, 0.25) is 0 Å². The third kappa shape index (κ3) is 2.66. The Bertz CT molecular complexity index is 654. The van der Waals surface area contributed by atoms with Crippen molar-refractivity contribution < 1.29 is 9.47 Å². The lowest BCUT2D eigenvalue weighted by Gasteiger charge is -2.32. The summed E-state index contributed by atoms with van der Waals surface area (Å²) >= 11 is 1.78. The zero-order valence-electron chi connectivity index (χ0n) is 12.8. The predicted molar refractivity (Wildman–Crippen MR) is 89.2 cm³/mol. The Labute approximate surface area is 134 Å². The number of fused-ring (bicyclic) bond motifs is 1. The monoisotopic (exact) mass is 319 g/mol. The van der Waals surface area contributed by atoms with E-state index in [0.717, 1.165) is 55.8 Å². The van der Waals surface area contributed by atoms with Crippen LogP contribution in [0.4, 0.5) is 5.13 Å². The molecule has 4 rings (SSSR count). The Hall–Kier alpha value is -1.37. The molecule has 1 aromatic carbocycles. The molecule has 2 fully saturated rings. The molecule has 3 heterocycles. The number of aromatic nitrogens is 1. The third-order valence-electron chi connectivity index (χ3n) is 4.58. The van der Waals surface area contributed by atoms with Crippen molar-refractivity contribution >= 4 is 26.7 Å². The number of thiazole rings is 1. The molecule has 2 saturated heterocycles. The first-order valence-corrected chi connectivity index (χ1v) is 8.66. The van der Waals surface area contributed by atoms with Crippen molar-refractivity contribution in [1.82, 2.24) is 9.88 Å². The average molecular weight is 319 g/mol. The molecule has 1 atom stereocenters. The Balaban J connectivity index is 1.50. The van der Waals surface area contributed by atoms with E-state index in [1.807, 2.05) is 12.1 Å². The van der Waals surface area contributed by atoms with Crippen molar-refractivity contribution in [3.63, 3.8) is 0 Å². The highest BCUT2D eigenvalue weighted by atomic mass is 32.1. The number of anilines is 1. The fourth-order valence-corrected chi connectivity index (χ4v) is 4.29. The van der Waals surface area contributed by atoms with Gasteiger partial charge in [-0.1, -0.05) is 11.3 Å². The van der Waals surface area contributed by atoms with Crippen molar-refractivity contribution in [2.45, 2.75) is 12.5 Å². The second kappa shape index (κ2) is 6.02. The summed E-state index contributed by atoms with van der Waals surface area (Å²) < 4.78 is 12.0. The Morgan fingerprint density at radius 3 is 2.95 bits per heavy atom. The van der Waals surface area contributed by atoms with Crippen LogP contribution >= 0.6 is 11.3 Å². The maximum absolute atomic E-state index is 5.46. The molecule has 6 heteroatoms. The summed E-state index contributed by atoms with van der Waals surface area (Å²) in [6, 6.07) is 6.77. The topological polar surface area (TPSA) is 37.8 Å². The van der Waals surface area contributed by atoms with E-state index in [4.69, 9.17) is 14.5 Å². The first-order chi connectivity index (χ1) is 10.8. The van der Waals surface area contributed by atoms with Gasteiger partial charge in [-0.2, -0.15) is 0 Å². The van der Waals surface area contributed by atoms with Crippen LogP contribution in [0.25, 0.3) is 10.2 Å². The van der Waals surface area contributed by atoms with Gasteiger partial charge >= 0.3 is 0 Å². The summed E-state index contributed by atoms with van der Waals surface area (Å²) in [4.78, 5) is 9.80. The number of morpholine rings is 1. The van der Waals surface area contributed by atoms with Crippen LogP contribution in [0.15, 0.2) is 18.2 Å². The molecule has 0 radical (unpaired) electrons. The van der Waals surface area contributed by atoms with Crippen molar-refractivity contribution in [3.05, 3.63) is 18.2 Å². The maximum atomic E-state index is 5.46. The Morgan fingerprint density at radius 1 is 1.27 bits per heavy atom. The molecule has 0 bridgehead atoms. The smallest absolute Gasteiger partial charge is 0.186 e. The minimum absolute atomic E-state index is 0.644. The van der Waals surface area contributed by atoms with Gasteiger partial charge in [0.1, 0.15) is 5.75 Å². The van der Waals surface area contributed by atoms with Gasteiger partial charge in [0, 0.05) is 38.3 Å². The van der Waals surface area contributed by atoms with E-state index in [2.05, 4.69) is 15.9 Å². The van der Waals surface area contributed by atoms with Crippen LogP contribution in [-0.4, -0.2) is 62.4 Å². The molecular weight excluding hydrogens is 298 g/mol.